The molecule has 1 N–H and O–H groups in total. The molecule has 234 valence electrons. The number of nitrogens with one attached hydrogen (secondary N) is 1. The van der Waals surface area contributed by atoms with E-state index in [1.54, 1.807) is 4.63 Å². The molecule has 0 unspecified atom stereocenters. The molecule has 0 saturated carbocycles. The van der Waals surface area contributed by atoms with Crippen molar-refractivity contribution in [2.24, 2.45) is 0 Å². The van der Waals surface area contributed by atoms with Crippen LogP contribution in [0.5, 0.6) is 0 Å². The monoisotopic (exact) mass is 626 g/mol. The Labute approximate surface area is 278 Å². The van der Waals surface area contributed by atoms with Crippen LogP contribution in [0, 0.1) is 6.92 Å². The molecule has 0 radical (unpaired) electrons. The van der Waals surface area contributed by atoms with Crippen molar-refractivity contribution < 1.29 is 0 Å². The van der Waals surface area contributed by atoms with Crippen LogP contribution in [-0.4, -0.2) is 40.0 Å². The first-order valence-corrected chi connectivity index (χ1v) is 16.2. The van der Waals surface area contributed by atoms with E-state index < -0.39 is 5.54 Å². The van der Waals surface area contributed by atoms with Gasteiger partial charge in [-0.15, -0.1) is 10.2 Å². The summed E-state index contributed by atoms with van der Waals surface area (Å²) in [4.78, 5) is 4.75. The minimum atomic E-state index is -0.835. The Balaban J connectivity index is 1.24. The van der Waals surface area contributed by atoms with Crippen LogP contribution in [0.4, 0.5) is 0 Å². The average molecular weight is 627 g/mol. The van der Waals surface area contributed by atoms with Gasteiger partial charge in [0.15, 0.2) is 17.3 Å². The third-order valence-corrected chi connectivity index (χ3v) is 9.14. The fourth-order valence-electron chi connectivity index (χ4n) is 6.81. The van der Waals surface area contributed by atoms with Crippen LogP contribution in [0.25, 0.3) is 28.2 Å². The molecule has 3 heterocycles. The maximum Gasteiger partial charge on any atom is 0.184 e. The molecule has 0 aliphatic heterocycles. The van der Waals surface area contributed by atoms with Crippen LogP contribution in [0.3, 0.4) is 0 Å². The fraction of sp³-hybridized carbons (Fsp3) is 0.125. The highest BCUT2D eigenvalue weighted by Gasteiger charge is 2.42. The smallest absolute Gasteiger partial charge is 0.184 e. The molecule has 48 heavy (non-hydrogen) atoms. The summed E-state index contributed by atoms with van der Waals surface area (Å²) in [5, 5.41) is 21.7. The summed E-state index contributed by atoms with van der Waals surface area (Å²) in [5.41, 5.74) is 9.75. The van der Waals surface area contributed by atoms with Crippen molar-refractivity contribution >= 4 is 5.65 Å². The first-order valence-electron chi connectivity index (χ1n) is 16.2. The number of tetrazole rings is 1. The van der Waals surface area contributed by atoms with Crippen molar-refractivity contribution in [2.75, 3.05) is 0 Å². The van der Waals surface area contributed by atoms with Crippen molar-refractivity contribution in [1.29, 1.82) is 0 Å². The van der Waals surface area contributed by atoms with Crippen LogP contribution in [0.1, 0.15) is 46.3 Å². The van der Waals surface area contributed by atoms with E-state index in [-0.39, 0.29) is 0 Å². The lowest BCUT2D eigenvalue weighted by molar-refractivity contribution is 0.451. The average Bonchev–Trinajstić information content (AvgIpc) is 3.87. The van der Waals surface area contributed by atoms with E-state index >= 15 is 0 Å². The molecule has 0 aliphatic carbocycles. The quantitative estimate of drug-likeness (QED) is 0.166. The van der Waals surface area contributed by atoms with Gasteiger partial charge < -0.3 is 0 Å². The van der Waals surface area contributed by atoms with E-state index in [1.807, 2.05) is 28.9 Å². The molecular formula is C40H34N8. The summed E-state index contributed by atoms with van der Waals surface area (Å²) < 4.78 is 3.78. The summed E-state index contributed by atoms with van der Waals surface area (Å²) in [6.07, 6.45) is 1.56. The van der Waals surface area contributed by atoms with Gasteiger partial charge in [-0.25, -0.2) is 9.67 Å². The summed E-state index contributed by atoms with van der Waals surface area (Å²) in [6.45, 7) is 4.15. The van der Waals surface area contributed by atoms with Gasteiger partial charge in [0.1, 0.15) is 5.54 Å². The zero-order chi connectivity index (χ0) is 32.5. The molecule has 0 bridgehead atoms. The normalized spacial score (nSPS) is 11.7. The number of aromatic amines is 1. The van der Waals surface area contributed by atoms with E-state index in [1.165, 1.54) is 5.56 Å². The first kappa shape index (κ1) is 29.3. The zero-order valence-corrected chi connectivity index (χ0v) is 26.8. The van der Waals surface area contributed by atoms with Crippen molar-refractivity contribution in [3.8, 4) is 22.5 Å². The summed E-state index contributed by atoms with van der Waals surface area (Å²) >= 11 is 0. The van der Waals surface area contributed by atoms with Gasteiger partial charge in [0.05, 0.1) is 0 Å². The molecule has 8 rings (SSSR count). The van der Waals surface area contributed by atoms with E-state index in [2.05, 4.69) is 145 Å². The Kier molecular flexibility index (Phi) is 7.45. The molecule has 0 fully saturated rings. The van der Waals surface area contributed by atoms with Gasteiger partial charge in [0.25, 0.3) is 0 Å². The van der Waals surface area contributed by atoms with E-state index in [0.717, 1.165) is 69.0 Å². The van der Waals surface area contributed by atoms with Crippen LogP contribution < -0.4 is 0 Å². The van der Waals surface area contributed by atoms with Gasteiger partial charge >= 0.3 is 0 Å². The van der Waals surface area contributed by atoms with Gasteiger partial charge in [-0.1, -0.05) is 146 Å². The number of benzene rings is 5. The molecule has 8 aromatic rings. The fourth-order valence-corrected chi connectivity index (χ4v) is 6.81. The second-order valence-electron chi connectivity index (χ2n) is 12.0. The minimum absolute atomic E-state index is 0.676. The number of rotatable bonds is 9. The highest BCUT2D eigenvalue weighted by Crippen LogP contribution is 2.43. The lowest BCUT2D eigenvalue weighted by Crippen LogP contribution is -2.39. The predicted octanol–water partition coefficient (Wildman–Crippen LogP) is 7.68. The van der Waals surface area contributed by atoms with Gasteiger partial charge in [0, 0.05) is 29.7 Å². The number of hydrogen-bond donors (Lipinski definition) is 1. The number of hydrogen-bond acceptors (Lipinski definition) is 5. The number of nitrogens with zero attached hydrogens (tertiary/aromatic N) is 7. The highest BCUT2D eigenvalue weighted by molar-refractivity contribution is 5.81. The molecular weight excluding hydrogens is 592 g/mol. The predicted molar refractivity (Wildman–Crippen MR) is 188 cm³/mol. The lowest BCUT2D eigenvalue weighted by Gasteiger charge is -2.36. The van der Waals surface area contributed by atoms with Crippen molar-refractivity contribution in [1.82, 2.24) is 40.0 Å². The maximum atomic E-state index is 4.77. The number of fused-ring (bicyclic) bond motifs is 1. The molecule has 0 amide bonds. The third kappa shape index (κ3) is 4.89. The molecule has 0 aliphatic rings. The largest absolute Gasteiger partial charge is 0.280 e. The van der Waals surface area contributed by atoms with Gasteiger partial charge in [-0.05, 0) is 50.7 Å². The van der Waals surface area contributed by atoms with Crippen molar-refractivity contribution in [2.45, 2.75) is 32.2 Å². The molecule has 0 atom stereocenters. The van der Waals surface area contributed by atoms with Crippen molar-refractivity contribution in [3.05, 3.63) is 179 Å². The Bertz CT molecular complexity index is 2200. The molecule has 0 saturated heterocycles. The number of aryl methyl sites for hydroxylation is 2. The van der Waals surface area contributed by atoms with Crippen LogP contribution in [0.15, 0.2) is 140 Å². The summed E-state index contributed by atoms with van der Waals surface area (Å²) in [5.74, 6) is 1.52. The Morgan fingerprint density at radius 3 is 1.81 bits per heavy atom. The molecule has 8 nitrogen and oxygen atoms in total. The van der Waals surface area contributed by atoms with E-state index in [0.29, 0.717) is 5.82 Å². The van der Waals surface area contributed by atoms with Gasteiger partial charge in [-0.3, -0.25) is 5.10 Å². The standard InChI is InChI=1S/C40H34N8/c1-3-37-41-38-36(28(2)43-48(38)44-37)27-29-23-25-30(26-24-29)34-21-13-14-22-35(34)39-42-45-46-47(39)40(31-15-7-4-8-16-31,32-17-9-5-10-18-32)33-19-11-6-12-20-33/h4-26,43H,3,27H2,1-2H3. The number of aromatic nitrogens is 8. The van der Waals surface area contributed by atoms with Crippen LogP contribution in [0.2, 0.25) is 0 Å². The summed E-state index contributed by atoms with van der Waals surface area (Å²) in [7, 11) is 0. The van der Waals surface area contributed by atoms with E-state index in [9.17, 15) is 0 Å². The second kappa shape index (κ2) is 12.2. The van der Waals surface area contributed by atoms with Gasteiger partial charge in [-0.2, -0.15) is 4.63 Å². The lowest BCUT2D eigenvalue weighted by atomic mass is 9.77. The molecule has 0 spiro atoms. The highest BCUT2D eigenvalue weighted by atomic mass is 15.6. The minimum Gasteiger partial charge on any atom is -0.280 e. The van der Waals surface area contributed by atoms with E-state index in [4.69, 9.17) is 15.3 Å². The van der Waals surface area contributed by atoms with Crippen LogP contribution >= 0.6 is 0 Å². The first-order chi connectivity index (χ1) is 23.7. The maximum absolute atomic E-state index is 4.77. The van der Waals surface area contributed by atoms with Gasteiger partial charge in [0.2, 0.25) is 0 Å². The Hall–Kier alpha value is -6.15. The molecule has 5 aromatic carbocycles. The summed E-state index contributed by atoms with van der Waals surface area (Å²) in [6, 6.07) is 48.6. The SMILES string of the molecule is CCc1nc2c(Cc3ccc(-c4ccccc4-c4nnnn4C(c4ccccc4)(c4ccccc4)c4ccccc4)cc3)c(C)[nH]n2n1. The third-order valence-electron chi connectivity index (χ3n) is 9.14. The Morgan fingerprint density at radius 1 is 0.667 bits per heavy atom. The number of H-pyrrole nitrogens is 1. The molecule has 3 aromatic heterocycles. The van der Waals surface area contributed by atoms with Crippen molar-refractivity contribution in [3.63, 3.8) is 0 Å². The molecule has 8 heteroatoms. The second-order valence-corrected chi connectivity index (χ2v) is 12.0. The Morgan fingerprint density at radius 2 is 1.23 bits per heavy atom. The zero-order valence-electron chi connectivity index (χ0n) is 26.8. The topological polar surface area (TPSA) is 89.6 Å². The van der Waals surface area contributed by atoms with Crippen LogP contribution in [-0.2, 0) is 18.4 Å².